The molecule has 1 N–H and O–H groups in total. The molecular weight excluding hydrogens is 342 g/mol. The average molecular weight is 366 g/mol. The fraction of sp³-hybridized carbons (Fsp3) is 0.217. The minimum atomic E-state index is 0. The smallest absolute Gasteiger partial charge is 0.124 e. The highest BCUT2D eigenvalue weighted by atomic mass is 35.5. The Bertz CT molecular complexity index is 767. The molecule has 0 aliphatic carbocycles. The summed E-state index contributed by atoms with van der Waals surface area (Å²) >= 11 is 0. The number of hydrogen-bond acceptors (Lipinski definition) is 2. The van der Waals surface area contributed by atoms with Crippen molar-refractivity contribution in [3.8, 4) is 5.75 Å². The van der Waals surface area contributed by atoms with Crippen LogP contribution in [0.5, 0.6) is 5.75 Å². The van der Waals surface area contributed by atoms with Crippen LogP contribution in [-0.2, 0) is 0 Å². The molecule has 0 aromatic heterocycles. The number of nitrogens with one attached hydrogen (secondary N) is 1. The molecule has 0 amide bonds. The van der Waals surface area contributed by atoms with Gasteiger partial charge in [0, 0.05) is 11.5 Å². The normalized spacial score (nSPS) is 15.2. The van der Waals surface area contributed by atoms with Crippen molar-refractivity contribution in [3.63, 3.8) is 0 Å². The Morgan fingerprint density at radius 1 is 0.808 bits per heavy atom. The maximum atomic E-state index is 5.78. The molecule has 0 saturated carbocycles. The van der Waals surface area contributed by atoms with Gasteiger partial charge in [0.15, 0.2) is 0 Å². The topological polar surface area (TPSA) is 21.3 Å². The lowest BCUT2D eigenvalue weighted by Crippen LogP contribution is -2.25. The van der Waals surface area contributed by atoms with Crippen molar-refractivity contribution in [3.05, 3.63) is 102 Å². The summed E-state index contributed by atoms with van der Waals surface area (Å²) in [6, 6.07) is 30.2. The first-order chi connectivity index (χ1) is 12.4. The van der Waals surface area contributed by atoms with E-state index in [1.54, 1.807) is 0 Å². The zero-order valence-electron chi connectivity index (χ0n) is 14.7. The second-order valence-corrected chi connectivity index (χ2v) is 6.52. The highest BCUT2D eigenvalue weighted by Crippen LogP contribution is 2.32. The minimum absolute atomic E-state index is 0. The number of ether oxygens (including phenoxy) is 1. The Morgan fingerprint density at radius 3 is 2.04 bits per heavy atom. The summed E-state index contributed by atoms with van der Waals surface area (Å²) in [5.74, 6) is 1.43. The van der Waals surface area contributed by atoms with Gasteiger partial charge in [-0.05, 0) is 30.2 Å². The molecule has 134 valence electrons. The Morgan fingerprint density at radius 2 is 1.38 bits per heavy atom. The van der Waals surface area contributed by atoms with Gasteiger partial charge in [-0.25, -0.2) is 0 Å². The zero-order chi connectivity index (χ0) is 16.9. The van der Waals surface area contributed by atoms with Gasteiger partial charge in [-0.3, -0.25) is 0 Å². The molecule has 3 aromatic carbocycles. The first kappa shape index (κ1) is 18.5. The second kappa shape index (κ2) is 8.88. The number of rotatable bonds is 6. The van der Waals surface area contributed by atoms with E-state index in [9.17, 15) is 0 Å². The van der Waals surface area contributed by atoms with E-state index >= 15 is 0 Å². The van der Waals surface area contributed by atoms with Gasteiger partial charge in [-0.1, -0.05) is 78.9 Å². The monoisotopic (exact) mass is 365 g/mol. The highest BCUT2D eigenvalue weighted by molar-refractivity contribution is 5.85. The average Bonchev–Trinajstić information content (AvgIpc) is 3.10. The molecule has 4 rings (SSSR count). The summed E-state index contributed by atoms with van der Waals surface area (Å²) < 4.78 is 5.78. The Labute approximate surface area is 161 Å². The molecule has 2 nitrogen and oxygen atoms in total. The molecule has 1 unspecified atom stereocenters. The van der Waals surface area contributed by atoms with Crippen molar-refractivity contribution in [2.45, 2.75) is 18.4 Å². The lowest BCUT2D eigenvalue weighted by atomic mass is 9.88. The summed E-state index contributed by atoms with van der Waals surface area (Å²) in [5, 5.41) is 3.68. The van der Waals surface area contributed by atoms with Crippen LogP contribution in [-0.4, -0.2) is 13.2 Å². The fourth-order valence-electron chi connectivity index (χ4n) is 3.63. The maximum Gasteiger partial charge on any atom is 0.124 e. The van der Waals surface area contributed by atoms with E-state index in [1.165, 1.54) is 16.7 Å². The van der Waals surface area contributed by atoms with Gasteiger partial charge in [-0.15, -0.1) is 12.4 Å². The van der Waals surface area contributed by atoms with Gasteiger partial charge in [0.1, 0.15) is 12.4 Å². The molecule has 3 aromatic rings. The van der Waals surface area contributed by atoms with Crippen molar-refractivity contribution < 1.29 is 4.74 Å². The van der Waals surface area contributed by atoms with Crippen LogP contribution in [0.3, 0.4) is 0 Å². The summed E-state index contributed by atoms with van der Waals surface area (Å²) in [4.78, 5) is 0. The van der Waals surface area contributed by atoms with Crippen molar-refractivity contribution in [2.24, 2.45) is 0 Å². The van der Waals surface area contributed by atoms with Crippen molar-refractivity contribution in [2.75, 3.05) is 13.2 Å². The molecular formula is C23H24ClNO. The van der Waals surface area contributed by atoms with Gasteiger partial charge < -0.3 is 10.1 Å². The second-order valence-electron chi connectivity index (χ2n) is 6.52. The van der Waals surface area contributed by atoms with Crippen LogP contribution >= 0.6 is 12.4 Å². The maximum absolute atomic E-state index is 5.78. The molecule has 0 radical (unpaired) electrons. The molecule has 3 heteroatoms. The number of benzene rings is 3. The third-order valence-electron chi connectivity index (χ3n) is 4.93. The first-order valence-corrected chi connectivity index (χ1v) is 8.97. The predicted molar refractivity (Wildman–Crippen MR) is 109 cm³/mol. The van der Waals surface area contributed by atoms with E-state index in [0.717, 1.165) is 25.3 Å². The number of para-hydroxylation sites is 1. The molecule has 1 atom stereocenters. The van der Waals surface area contributed by atoms with E-state index in [2.05, 4.69) is 78.1 Å². The quantitative estimate of drug-likeness (QED) is 0.635. The molecule has 1 aliphatic rings. The molecule has 1 heterocycles. The summed E-state index contributed by atoms with van der Waals surface area (Å²) in [6.45, 7) is 1.68. The lowest BCUT2D eigenvalue weighted by molar-refractivity contribution is 0.310. The van der Waals surface area contributed by atoms with Gasteiger partial charge >= 0.3 is 0 Å². The van der Waals surface area contributed by atoms with Crippen molar-refractivity contribution in [1.29, 1.82) is 0 Å². The molecule has 0 fully saturated rings. The van der Waals surface area contributed by atoms with E-state index in [1.807, 2.05) is 12.1 Å². The van der Waals surface area contributed by atoms with Crippen molar-refractivity contribution >= 4 is 12.4 Å². The van der Waals surface area contributed by atoms with Crippen LogP contribution in [0, 0.1) is 0 Å². The Balaban J connectivity index is 0.00000196. The molecule has 1 aliphatic heterocycles. The summed E-state index contributed by atoms with van der Waals surface area (Å²) in [5.41, 5.74) is 4.02. The van der Waals surface area contributed by atoms with Crippen LogP contribution in [0.2, 0.25) is 0 Å². The van der Waals surface area contributed by atoms with Crippen molar-refractivity contribution in [1.82, 2.24) is 5.32 Å². The number of halogens is 1. The third-order valence-corrected chi connectivity index (χ3v) is 4.93. The molecule has 0 bridgehead atoms. The summed E-state index contributed by atoms with van der Waals surface area (Å²) in [6.07, 6.45) is 1.06. The van der Waals surface area contributed by atoms with E-state index in [0.29, 0.717) is 12.0 Å². The number of hydrogen-bond donors (Lipinski definition) is 1. The molecule has 26 heavy (non-hydrogen) atoms. The van der Waals surface area contributed by atoms with E-state index < -0.39 is 0 Å². The third kappa shape index (κ3) is 4.09. The minimum Gasteiger partial charge on any atom is -0.491 e. The predicted octanol–water partition coefficient (Wildman–Crippen LogP) is 5.35. The van der Waals surface area contributed by atoms with Crippen LogP contribution in [0.15, 0.2) is 84.9 Å². The van der Waals surface area contributed by atoms with E-state index in [4.69, 9.17) is 4.74 Å². The Hall–Kier alpha value is -2.29. The van der Waals surface area contributed by atoms with Crippen LogP contribution in [0.4, 0.5) is 0 Å². The van der Waals surface area contributed by atoms with Crippen LogP contribution in [0.25, 0.3) is 0 Å². The molecule has 0 spiro atoms. The number of fused-ring (bicyclic) bond motifs is 1. The van der Waals surface area contributed by atoms with E-state index in [-0.39, 0.29) is 12.4 Å². The fourth-order valence-corrected chi connectivity index (χ4v) is 3.63. The largest absolute Gasteiger partial charge is 0.491 e. The lowest BCUT2D eigenvalue weighted by Gasteiger charge is -2.20. The zero-order valence-corrected chi connectivity index (χ0v) is 15.5. The van der Waals surface area contributed by atoms with Gasteiger partial charge in [0.05, 0.1) is 6.04 Å². The van der Waals surface area contributed by atoms with Crippen LogP contribution in [0.1, 0.15) is 35.1 Å². The Kier molecular flexibility index (Phi) is 6.32. The summed E-state index contributed by atoms with van der Waals surface area (Å²) in [7, 11) is 0. The van der Waals surface area contributed by atoms with Gasteiger partial charge in [-0.2, -0.15) is 0 Å². The first-order valence-electron chi connectivity index (χ1n) is 8.97. The van der Waals surface area contributed by atoms with Gasteiger partial charge in [0.2, 0.25) is 0 Å². The standard InChI is InChI=1S/C23H23NO.ClH/c1-3-9-18(10-4-1)20(19-11-5-2-6-12-19)15-16-24-22-17-25-23-14-8-7-13-21(22)23;/h1-14,20,22,24H,15-17H2;1H. The highest BCUT2D eigenvalue weighted by Gasteiger charge is 2.23. The van der Waals surface area contributed by atoms with Crippen LogP contribution < -0.4 is 10.1 Å². The van der Waals surface area contributed by atoms with Gasteiger partial charge in [0.25, 0.3) is 0 Å². The molecule has 0 saturated heterocycles. The SMILES string of the molecule is Cl.c1ccc(C(CCNC2COc3ccccc32)c2ccccc2)cc1.